The summed E-state index contributed by atoms with van der Waals surface area (Å²) in [4.78, 5) is 0. The maximum Gasteiger partial charge on any atom is 0.0640 e. The molecule has 1 rings (SSSR count). The van der Waals surface area contributed by atoms with E-state index in [0.717, 1.165) is 12.8 Å². The summed E-state index contributed by atoms with van der Waals surface area (Å²) < 4.78 is 0. The lowest BCUT2D eigenvalue weighted by Gasteiger charge is -2.35. The Morgan fingerprint density at radius 3 is 2.00 bits per heavy atom. The second kappa shape index (κ2) is 2.74. The number of rotatable bonds is 0. The van der Waals surface area contributed by atoms with Crippen LogP contribution in [0.25, 0.3) is 0 Å². The summed E-state index contributed by atoms with van der Waals surface area (Å²) in [7, 11) is 0. The summed E-state index contributed by atoms with van der Waals surface area (Å²) in [5, 5.41) is 10.9. The van der Waals surface area contributed by atoms with Crippen LogP contribution in [0.4, 0.5) is 0 Å². The first-order valence-electron chi connectivity index (χ1n) is 3.87. The van der Waals surface area contributed by atoms with Crippen molar-refractivity contribution in [3.05, 3.63) is 0 Å². The van der Waals surface area contributed by atoms with Crippen molar-refractivity contribution < 1.29 is 5.11 Å². The fraction of sp³-hybridized carbons (Fsp3) is 1.00. The summed E-state index contributed by atoms with van der Waals surface area (Å²) >= 11 is 1.98. The molecule has 1 N–H and O–H groups in total. The maximum absolute atomic E-state index is 9.70. The van der Waals surface area contributed by atoms with Crippen molar-refractivity contribution in [2.24, 2.45) is 0 Å². The van der Waals surface area contributed by atoms with Crippen molar-refractivity contribution in [3.8, 4) is 0 Å². The third-order valence-electron chi connectivity index (χ3n) is 1.92. The van der Waals surface area contributed by atoms with Gasteiger partial charge in [-0.2, -0.15) is 11.8 Å². The average molecular weight is 160 g/mol. The molecule has 0 radical (unpaired) electrons. The van der Waals surface area contributed by atoms with E-state index < -0.39 is 5.60 Å². The fourth-order valence-corrected chi connectivity index (χ4v) is 3.52. The van der Waals surface area contributed by atoms with E-state index in [-0.39, 0.29) is 0 Å². The minimum Gasteiger partial charge on any atom is -0.390 e. The normalized spacial score (nSPS) is 49.2. The minimum absolute atomic E-state index is 0.399. The van der Waals surface area contributed by atoms with Crippen LogP contribution < -0.4 is 0 Å². The molecule has 0 saturated carbocycles. The molecule has 2 atom stereocenters. The molecule has 1 saturated heterocycles. The van der Waals surface area contributed by atoms with Crippen LogP contribution in [0, 0.1) is 0 Å². The lowest BCUT2D eigenvalue weighted by molar-refractivity contribution is 0.0393. The van der Waals surface area contributed by atoms with Crippen LogP contribution in [-0.4, -0.2) is 21.2 Å². The number of hydrogen-bond acceptors (Lipinski definition) is 2. The van der Waals surface area contributed by atoms with Gasteiger partial charge in [0.05, 0.1) is 5.60 Å². The van der Waals surface area contributed by atoms with Crippen molar-refractivity contribution in [2.45, 2.75) is 49.7 Å². The third kappa shape index (κ3) is 2.17. The topological polar surface area (TPSA) is 20.2 Å². The highest BCUT2D eigenvalue weighted by Gasteiger charge is 2.31. The second-order valence-electron chi connectivity index (χ2n) is 3.66. The zero-order valence-corrected chi connectivity index (χ0v) is 7.74. The highest BCUT2D eigenvalue weighted by molar-refractivity contribution is 8.00. The van der Waals surface area contributed by atoms with Crippen LogP contribution in [0.3, 0.4) is 0 Å². The standard InChI is InChI=1S/C8H16OS/c1-6-4-8(3,9)5-7(2)10-6/h6-7,9H,4-5H2,1-3H3. The molecule has 0 aromatic heterocycles. The summed E-state index contributed by atoms with van der Waals surface area (Å²) in [5.41, 5.74) is -0.399. The monoisotopic (exact) mass is 160 g/mol. The smallest absolute Gasteiger partial charge is 0.0640 e. The summed E-state index contributed by atoms with van der Waals surface area (Å²) in [6.45, 7) is 6.32. The first-order valence-corrected chi connectivity index (χ1v) is 4.82. The number of aliphatic hydroxyl groups is 1. The molecule has 1 heterocycles. The Bertz CT molecular complexity index is 110. The van der Waals surface area contributed by atoms with Crippen molar-refractivity contribution in [1.29, 1.82) is 0 Å². The molecule has 60 valence electrons. The first kappa shape index (κ1) is 8.41. The van der Waals surface area contributed by atoms with Crippen molar-refractivity contribution in [1.82, 2.24) is 0 Å². The molecule has 0 spiro atoms. The van der Waals surface area contributed by atoms with Gasteiger partial charge in [-0.15, -0.1) is 0 Å². The van der Waals surface area contributed by atoms with Crippen molar-refractivity contribution in [2.75, 3.05) is 0 Å². The van der Waals surface area contributed by atoms with Gasteiger partial charge in [0.25, 0.3) is 0 Å². The molecule has 2 unspecified atom stereocenters. The molecular weight excluding hydrogens is 144 g/mol. The number of hydrogen-bond donors (Lipinski definition) is 1. The van der Waals surface area contributed by atoms with E-state index in [1.807, 2.05) is 18.7 Å². The first-order chi connectivity index (χ1) is 4.49. The van der Waals surface area contributed by atoms with Gasteiger partial charge in [-0.3, -0.25) is 0 Å². The van der Waals surface area contributed by atoms with Crippen LogP contribution in [0.5, 0.6) is 0 Å². The lowest BCUT2D eigenvalue weighted by Crippen LogP contribution is -2.35. The molecule has 0 amide bonds. The van der Waals surface area contributed by atoms with Crippen molar-refractivity contribution >= 4 is 11.8 Å². The van der Waals surface area contributed by atoms with Gasteiger partial charge in [-0.1, -0.05) is 13.8 Å². The molecule has 1 fully saturated rings. The van der Waals surface area contributed by atoms with E-state index in [0.29, 0.717) is 10.5 Å². The van der Waals surface area contributed by atoms with Crippen LogP contribution in [-0.2, 0) is 0 Å². The molecule has 0 bridgehead atoms. The fourth-order valence-electron chi connectivity index (χ4n) is 1.81. The summed E-state index contributed by atoms with van der Waals surface area (Å²) in [5.74, 6) is 0. The van der Waals surface area contributed by atoms with Gasteiger partial charge in [0.2, 0.25) is 0 Å². The predicted octanol–water partition coefficient (Wildman–Crippen LogP) is 2.04. The van der Waals surface area contributed by atoms with E-state index in [4.69, 9.17) is 0 Å². The van der Waals surface area contributed by atoms with Gasteiger partial charge in [-0.05, 0) is 19.8 Å². The Morgan fingerprint density at radius 1 is 1.30 bits per heavy atom. The molecular formula is C8H16OS. The Balaban J connectivity index is 2.51. The zero-order chi connectivity index (χ0) is 7.78. The van der Waals surface area contributed by atoms with E-state index in [1.165, 1.54) is 0 Å². The average Bonchev–Trinajstić information content (AvgIpc) is 1.54. The molecule has 0 aromatic rings. The Labute approximate surface area is 67.2 Å². The van der Waals surface area contributed by atoms with Gasteiger partial charge in [0, 0.05) is 10.5 Å². The Morgan fingerprint density at radius 2 is 1.70 bits per heavy atom. The van der Waals surface area contributed by atoms with Gasteiger partial charge in [0.1, 0.15) is 0 Å². The largest absolute Gasteiger partial charge is 0.390 e. The number of thioether (sulfide) groups is 1. The maximum atomic E-state index is 9.70. The van der Waals surface area contributed by atoms with E-state index >= 15 is 0 Å². The molecule has 0 aliphatic carbocycles. The highest BCUT2D eigenvalue weighted by atomic mass is 32.2. The Kier molecular flexibility index (Phi) is 2.31. The predicted molar refractivity (Wildman–Crippen MR) is 46.4 cm³/mol. The molecule has 10 heavy (non-hydrogen) atoms. The summed E-state index contributed by atoms with van der Waals surface area (Å²) in [6.07, 6.45) is 1.89. The van der Waals surface area contributed by atoms with E-state index in [2.05, 4.69) is 13.8 Å². The zero-order valence-electron chi connectivity index (χ0n) is 6.92. The minimum atomic E-state index is -0.399. The van der Waals surface area contributed by atoms with Gasteiger partial charge >= 0.3 is 0 Å². The van der Waals surface area contributed by atoms with Gasteiger partial charge in [0.15, 0.2) is 0 Å². The van der Waals surface area contributed by atoms with Crippen LogP contribution >= 0.6 is 11.8 Å². The quantitative estimate of drug-likeness (QED) is 0.585. The van der Waals surface area contributed by atoms with Crippen LogP contribution in [0.15, 0.2) is 0 Å². The second-order valence-corrected chi connectivity index (χ2v) is 5.54. The molecule has 1 aliphatic rings. The van der Waals surface area contributed by atoms with Crippen molar-refractivity contribution in [3.63, 3.8) is 0 Å². The molecule has 1 nitrogen and oxygen atoms in total. The van der Waals surface area contributed by atoms with Crippen LogP contribution in [0.1, 0.15) is 33.6 Å². The molecule has 1 aliphatic heterocycles. The van der Waals surface area contributed by atoms with Crippen LogP contribution in [0.2, 0.25) is 0 Å². The third-order valence-corrected chi connectivity index (χ3v) is 3.18. The van der Waals surface area contributed by atoms with Gasteiger partial charge in [-0.25, -0.2) is 0 Å². The SMILES string of the molecule is CC1CC(C)(O)CC(C)S1. The van der Waals surface area contributed by atoms with E-state index in [9.17, 15) is 5.11 Å². The van der Waals surface area contributed by atoms with E-state index in [1.54, 1.807) is 0 Å². The van der Waals surface area contributed by atoms with Gasteiger partial charge < -0.3 is 5.11 Å². The highest BCUT2D eigenvalue weighted by Crippen LogP contribution is 2.36. The molecule has 2 heteroatoms. The Hall–Kier alpha value is 0.310. The molecule has 0 aromatic carbocycles. The summed E-state index contributed by atoms with van der Waals surface area (Å²) in [6, 6.07) is 0. The lowest BCUT2D eigenvalue weighted by atomic mass is 9.94.